The Morgan fingerprint density at radius 2 is 1.95 bits per heavy atom. The number of rotatable bonds is 8. The van der Waals surface area contributed by atoms with Gasteiger partial charge in [-0.2, -0.15) is 0 Å². The first kappa shape index (κ1) is 19.4. The van der Waals surface area contributed by atoms with Gasteiger partial charge >= 0.3 is 0 Å². The normalized spacial score (nSPS) is 9.62. The first-order chi connectivity index (χ1) is 9.65. The van der Waals surface area contributed by atoms with E-state index in [1.807, 2.05) is 31.3 Å². The van der Waals surface area contributed by atoms with E-state index in [0.29, 0.717) is 6.42 Å². The summed E-state index contributed by atoms with van der Waals surface area (Å²) in [6, 6.07) is 7.70. The molecule has 1 aromatic carbocycles. The third-order valence-electron chi connectivity index (χ3n) is 2.90. The lowest BCUT2D eigenvalue weighted by atomic mass is 10.1. The molecule has 0 aliphatic rings. The molecule has 1 rings (SSSR count). The fraction of sp³-hybridized carbons (Fsp3) is 0.467. The number of carbonyl (C=O) groups is 2. The summed E-state index contributed by atoms with van der Waals surface area (Å²) in [5.41, 5.74) is 1.93. The van der Waals surface area contributed by atoms with Crippen LogP contribution in [0.3, 0.4) is 0 Å². The molecule has 0 aromatic heterocycles. The van der Waals surface area contributed by atoms with Gasteiger partial charge in [-0.05, 0) is 44.1 Å². The quantitative estimate of drug-likeness (QED) is 0.640. The Hall–Kier alpha value is -1.59. The number of carbonyl (C=O) groups excluding carboxylic acids is 2. The van der Waals surface area contributed by atoms with Crippen LogP contribution in [0.2, 0.25) is 0 Å². The number of hydrogen-bond acceptors (Lipinski definition) is 3. The van der Waals surface area contributed by atoms with E-state index in [1.165, 1.54) is 5.56 Å². The molecule has 0 fully saturated rings. The minimum Gasteiger partial charge on any atom is -0.347 e. The number of benzene rings is 1. The number of amides is 2. The summed E-state index contributed by atoms with van der Waals surface area (Å²) in [4.78, 5) is 23.2. The molecule has 3 N–H and O–H groups in total. The van der Waals surface area contributed by atoms with Gasteiger partial charge in [0.05, 0.1) is 6.54 Å². The summed E-state index contributed by atoms with van der Waals surface area (Å²) in [5.74, 6) is -0.307. The molecule has 1 aromatic rings. The van der Waals surface area contributed by atoms with E-state index in [2.05, 4.69) is 22.9 Å². The second kappa shape index (κ2) is 11.1. The van der Waals surface area contributed by atoms with Gasteiger partial charge in [0.2, 0.25) is 11.8 Å². The van der Waals surface area contributed by atoms with E-state index in [9.17, 15) is 9.59 Å². The fourth-order valence-corrected chi connectivity index (χ4v) is 1.77. The molecular formula is C15H24ClN3O2. The van der Waals surface area contributed by atoms with Crippen molar-refractivity contribution >= 4 is 29.9 Å². The van der Waals surface area contributed by atoms with Crippen molar-refractivity contribution in [2.75, 3.05) is 25.5 Å². The van der Waals surface area contributed by atoms with E-state index in [4.69, 9.17) is 0 Å². The van der Waals surface area contributed by atoms with Crippen molar-refractivity contribution < 1.29 is 9.59 Å². The Bertz CT molecular complexity index is 452. The Morgan fingerprint density at radius 3 is 2.62 bits per heavy atom. The van der Waals surface area contributed by atoms with Gasteiger partial charge in [0.25, 0.3) is 0 Å². The number of nitrogens with one attached hydrogen (secondary N) is 3. The molecule has 0 unspecified atom stereocenters. The molecule has 118 valence electrons. The van der Waals surface area contributed by atoms with E-state index in [0.717, 1.165) is 25.1 Å². The molecule has 0 radical (unpaired) electrons. The molecule has 5 nitrogen and oxygen atoms in total. The van der Waals surface area contributed by atoms with Gasteiger partial charge in [-0.15, -0.1) is 12.4 Å². The zero-order chi connectivity index (χ0) is 14.8. The highest BCUT2D eigenvalue weighted by atomic mass is 35.5. The molecule has 0 bridgehead atoms. The van der Waals surface area contributed by atoms with Crippen LogP contribution < -0.4 is 16.0 Å². The maximum absolute atomic E-state index is 11.7. The van der Waals surface area contributed by atoms with Crippen LogP contribution in [0.15, 0.2) is 24.3 Å². The summed E-state index contributed by atoms with van der Waals surface area (Å²) in [6.45, 7) is 2.87. The lowest BCUT2D eigenvalue weighted by molar-refractivity contribution is -0.124. The van der Waals surface area contributed by atoms with Crippen LogP contribution in [0.5, 0.6) is 0 Å². The molecule has 0 atom stereocenters. The first-order valence-corrected chi connectivity index (χ1v) is 6.95. The Morgan fingerprint density at radius 1 is 1.19 bits per heavy atom. The minimum absolute atomic E-state index is 0. The molecule has 0 saturated heterocycles. The monoisotopic (exact) mass is 313 g/mol. The average Bonchev–Trinajstić information content (AvgIpc) is 2.45. The van der Waals surface area contributed by atoms with Crippen molar-refractivity contribution in [1.82, 2.24) is 10.6 Å². The number of aryl methyl sites for hydroxylation is 1. The van der Waals surface area contributed by atoms with Crippen molar-refractivity contribution in [3.8, 4) is 0 Å². The van der Waals surface area contributed by atoms with Gasteiger partial charge in [0, 0.05) is 12.1 Å². The summed E-state index contributed by atoms with van der Waals surface area (Å²) >= 11 is 0. The lowest BCUT2D eigenvalue weighted by Gasteiger charge is -2.08. The van der Waals surface area contributed by atoms with Crippen LogP contribution in [-0.2, 0) is 16.0 Å². The Kier molecular flexibility index (Phi) is 10.3. The molecule has 6 heteroatoms. The van der Waals surface area contributed by atoms with Gasteiger partial charge in [-0.25, -0.2) is 0 Å². The van der Waals surface area contributed by atoms with E-state index < -0.39 is 0 Å². The van der Waals surface area contributed by atoms with Crippen LogP contribution in [0, 0.1) is 0 Å². The largest absolute Gasteiger partial charge is 0.347 e. The number of halogens is 1. The van der Waals surface area contributed by atoms with Crippen LogP contribution in [-0.4, -0.2) is 32.0 Å². The molecule has 0 saturated carbocycles. The summed E-state index contributed by atoms with van der Waals surface area (Å²) in [6.07, 6.45) is 2.12. The van der Waals surface area contributed by atoms with E-state index >= 15 is 0 Å². The second-order valence-electron chi connectivity index (χ2n) is 4.59. The Labute approximate surface area is 132 Å². The van der Waals surface area contributed by atoms with Crippen molar-refractivity contribution in [3.05, 3.63) is 29.8 Å². The van der Waals surface area contributed by atoms with Crippen LogP contribution >= 0.6 is 12.4 Å². The highest BCUT2D eigenvalue weighted by molar-refractivity contribution is 5.94. The Balaban J connectivity index is 0.00000400. The zero-order valence-electron chi connectivity index (χ0n) is 12.6. The highest BCUT2D eigenvalue weighted by Crippen LogP contribution is 2.10. The van der Waals surface area contributed by atoms with Crippen molar-refractivity contribution in [1.29, 1.82) is 0 Å². The third kappa shape index (κ3) is 8.32. The lowest BCUT2D eigenvalue weighted by Crippen LogP contribution is -2.33. The van der Waals surface area contributed by atoms with E-state index in [-0.39, 0.29) is 30.8 Å². The summed E-state index contributed by atoms with van der Waals surface area (Å²) < 4.78 is 0. The molecule has 0 aliphatic heterocycles. The van der Waals surface area contributed by atoms with Gasteiger partial charge in [0.1, 0.15) is 0 Å². The van der Waals surface area contributed by atoms with Crippen molar-refractivity contribution in [2.24, 2.45) is 0 Å². The maximum Gasteiger partial charge on any atom is 0.243 e. The average molecular weight is 314 g/mol. The summed E-state index contributed by atoms with van der Waals surface area (Å²) in [5, 5.41) is 8.36. The third-order valence-corrected chi connectivity index (χ3v) is 2.90. The van der Waals surface area contributed by atoms with Gasteiger partial charge in [0.15, 0.2) is 0 Å². The van der Waals surface area contributed by atoms with Gasteiger partial charge < -0.3 is 16.0 Å². The van der Waals surface area contributed by atoms with Crippen LogP contribution in [0.4, 0.5) is 5.69 Å². The SMILES string of the molecule is CCc1cccc(NC(=O)CNC(=O)CCCNC)c1.Cl. The first-order valence-electron chi connectivity index (χ1n) is 6.95. The fourth-order valence-electron chi connectivity index (χ4n) is 1.77. The molecule has 21 heavy (non-hydrogen) atoms. The second-order valence-corrected chi connectivity index (χ2v) is 4.59. The highest BCUT2D eigenvalue weighted by Gasteiger charge is 2.05. The molecular weight excluding hydrogens is 290 g/mol. The predicted octanol–water partition coefficient (Wildman–Crippen LogP) is 1.73. The van der Waals surface area contributed by atoms with Crippen molar-refractivity contribution in [2.45, 2.75) is 26.2 Å². The number of hydrogen-bond donors (Lipinski definition) is 3. The predicted molar refractivity (Wildman–Crippen MR) is 87.9 cm³/mol. The molecule has 0 spiro atoms. The topological polar surface area (TPSA) is 70.2 Å². The van der Waals surface area contributed by atoms with E-state index in [1.54, 1.807) is 0 Å². The number of anilines is 1. The minimum atomic E-state index is -0.208. The summed E-state index contributed by atoms with van der Waals surface area (Å²) in [7, 11) is 1.84. The van der Waals surface area contributed by atoms with Crippen LogP contribution in [0.1, 0.15) is 25.3 Å². The van der Waals surface area contributed by atoms with Gasteiger partial charge in [-0.3, -0.25) is 9.59 Å². The van der Waals surface area contributed by atoms with Crippen LogP contribution in [0.25, 0.3) is 0 Å². The molecule has 2 amide bonds. The molecule has 0 aliphatic carbocycles. The molecule has 0 heterocycles. The smallest absolute Gasteiger partial charge is 0.243 e. The zero-order valence-corrected chi connectivity index (χ0v) is 13.4. The maximum atomic E-state index is 11.7. The van der Waals surface area contributed by atoms with Crippen molar-refractivity contribution in [3.63, 3.8) is 0 Å². The standard InChI is InChI=1S/C15H23N3O2.ClH/c1-3-12-6-4-7-13(10-12)18-15(20)11-17-14(19)8-5-9-16-2;/h4,6-7,10,16H,3,5,8-9,11H2,1-2H3,(H,17,19)(H,18,20);1H. The van der Waals surface area contributed by atoms with Gasteiger partial charge in [-0.1, -0.05) is 19.1 Å².